The summed E-state index contributed by atoms with van der Waals surface area (Å²) in [6.45, 7) is 4.48. The topological polar surface area (TPSA) is 6.48 Å². The van der Waals surface area contributed by atoms with Crippen molar-refractivity contribution < 1.29 is 0 Å². The summed E-state index contributed by atoms with van der Waals surface area (Å²) in [6, 6.07) is 9.56. The Morgan fingerprint density at radius 2 is 1.87 bits per heavy atom. The minimum absolute atomic E-state index is 0.714. The van der Waals surface area contributed by atoms with Gasteiger partial charge in [-0.25, -0.2) is 0 Å². The molecule has 1 aromatic carbocycles. The fraction of sp³-hybridized carbons (Fsp3) is 0.538. The zero-order valence-electron chi connectivity index (χ0n) is 9.90. The van der Waals surface area contributed by atoms with E-state index in [0.29, 0.717) is 6.04 Å². The number of likely N-dealkylation sites (N-methyl/N-ethyl adjacent to an activating group) is 1. The minimum Gasteiger partial charge on any atom is -0.370 e. The predicted octanol–water partition coefficient (Wildman–Crippen LogP) is 2.14. The zero-order valence-corrected chi connectivity index (χ0v) is 9.90. The van der Waals surface area contributed by atoms with Crippen molar-refractivity contribution in [1.82, 2.24) is 4.90 Å². The van der Waals surface area contributed by atoms with E-state index in [2.05, 4.69) is 55.1 Å². The monoisotopic (exact) mass is 204 g/mol. The molecule has 0 saturated carbocycles. The van der Waals surface area contributed by atoms with Crippen LogP contribution in [-0.2, 0) is 0 Å². The summed E-state index contributed by atoms with van der Waals surface area (Å²) in [5.41, 5.74) is 2.70. The van der Waals surface area contributed by atoms with Gasteiger partial charge in [0.05, 0.1) is 0 Å². The summed E-state index contributed by atoms with van der Waals surface area (Å²) in [5.74, 6) is 0. The second-order valence-electron chi connectivity index (χ2n) is 4.69. The molecular weight excluding hydrogens is 184 g/mol. The van der Waals surface area contributed by atoms with Gasteiger partial charge in [-0.15, -0.1) is 0 Å². The van der Waals surface area contributed by atoms with E-state index in [1.54, 1.807) is 0 Å². The van der Waals surface area contributed by atoms with Crippen LogP contribution in [0.3, 0.4) is 0 Å². The summed E-state index contributed by atoms with van der Waals surface area (Å²) >= 11 is 0. The maximum atomic E-state index is 2.48. The molecule has 1 aliphatic heterocycles. The smallest absolute Gasteiger partial charge is 0.0366 e. The molecule has 1 saturated heterocycles. The highest BCUT2D eigenvalue weighted by Crippen LogP contribution is 2.22. The van der Waals surface area contributed by atoms with Crippen LogP contribution in [0.5, 0.6) is 0 Å². The first kappa shape index (κ1) is 10.5. The van der Waals surface area contributed by atoms with Crippen molar-refractivity contribution in [2.45, 2.75) is 19.4 Å². The first-order valence-electron chi connectivity index (χ1n) is 5.65. The van der Waals surface area contributed by atoms with E-state index in [1.807, 2.05) is 0 Å². The molecule has 0 N–H and O–H groups in total. The van der Waals surface area contributed by atoms with Gasteiger partial charge >= 0.3 is 0 Å². The van der Waals surface area contributed by atoms with Gasteiger partial charge in [0, 0.05) is 24.8 Å². The molecule has 1 fully saturated rings. The molecule has 0 unspecified atom stereocenters. The quantitative estimate of drug-likeness (QED) is 0.728. The standard InChI is InChI=1S/C13H20N2/c1-11-4-6-12(7-5-11)15-9-8-13(10-15)14(2)3/h4-7,13H,8-10H2,1-3H3/t13-/m1/s1. The van der Waals surface area contributed by atoms with Gasteiger partial charge in [0.1, 0.15) is 0 Å². The van der Waals surface area contributed by atoms with E-state index in [1.165, 1.54) is 24.2 Å². The highest BCUT2D eigenvalue weighted by molar-refractivity contribution is 5.48. The molecule has 1 heterocycles. The number of aryl methyl sites for hydroxylation is 1. The van der Waals surface area contributed by atoms with Gasteiger partial charge in [-0.3, -0.25) is 0 Å². The van der Waals surface area contributed by atoms with Gasteiger partial charge in [-0.2, -0.15) is 0 Å². The first-order valence-corrected chi connectivity index (χ1v) is 5.65. The maximum Gasteiger partial charge on any atom is 0.0366 e. The van der Waals surface area contributed by atoms with Gasteiger partial charge in [0.15, 0.2) is 0 Å². The lowest BCUT2D eigenvalue weighted by atomic mass is 10.2. The van der Waals surface area contributed by atoms with Crippen LogP contribution in [0.1, 0.15) is 12.0 Å². The Kier molecular flexibility index (Phi) is 2.96. The summed E-state index contributed by atoms with van der Waals surface area (Å²) in [7, 11) is 4.34. The molecule has 2 heteroatoms. The van der Waals surface area contributed by atoms with Crippen LogP contribution in [0.15, 0.2) is 24.3 Å². The fourth-order valence-electron chi connectivity index (χ4n) is 2.15. The number of anilines is 1. The Bertz CT molecular complexity index is 316. The third-order valence-corrected chi connectivity index (χ3v) is 3.29. The summed E-state index contributed by atoms with van der Waals surface area (Å²) in [5, 5.41) is 0. The number of hydrogen-bond donors (Lipinski definition) is 0. The van der Waals surface area contributed by atoms with E-state index < -0.39 is 0 Å². The van der Waals surface area contributed by atoms with Crippen LogP contribution in [0, 0.1) is 6.92 Å². The number of benzene rings is 1. The SMILES string of the molecule is Cc1ccc(N2CC[C@@H](N(C)C)C2)cc1. The van der Waals surface area contributed by atoms with Gasteiger partial charge < -0.3 is 9.80 Å². The lowest BCUT2D eigenvalue weighted by Crippen LogP contribution is -2.31. The van der Waals surface area contributed by atoms with Gasteiger partial charge in [0.25, 0.3) is 0 Å². The molecule has 0 aliphatic carbocycles. The molecule has 1 aliphatic rings. The molecule has 0 spiro atoms. The first-order chi connectivity index (χ1) is 7.16. The van der Waals surface area contributed by atoms with Crippen LogP contribution >= 0.6 is 0 Å². The normalized spacial score (nSPS) is 21.3. The second kappa shape index (κ2) is 4.23. The molecule has 1 atom stereocenters. The van der Waals surface area contributed by atoms with Crippen LogP contribution in [0.2, 0.25) is 0 Å². The summed E-state index contributed by atoms with van der Waals surface area (Å²) < 4.78 is 0. The van der Waals surface area contributed by atoms with Crippen molar-refractivity contribution in [3.05, 3.63) is 29.8 Å². The predicted molar refractivity (Wildman–Crippen MR) is 65.5 cm³/mol. The highest BCUT2D eigenvalue weighted by atomic mass is 15.2. The average Bonchev–Trinajstić information content (AvgIpc) is 2.68. The van der Waals surface area contributed by atoms with Crippen molar-refractivity contribution in [3.63, 3.8) is 0 Å². The van der Waals surface area contributed by atoms with Crippen molar-refractivity contribution >= 4 is 5.69 Å². The van der Waals surface area contributed by atoms with Gasteiger partial charge in [-0.1, -0.05) is 17.7 Å². The molecule has 1 aromatic rings. The molecule has 0 bridgehead atoms. The Morgan fingerprint density at radius 1 is 1.20 bits per heavy atom. The van der Waals surface area contributed by atoms with Crippen LogP contribution < -0.4 is 4.90 Å². The third-order valence-electron chi connectivity index (χ3n) is 3.29. The van der Waals surface area contributed by atoms with Crippen LogP contribution in [0.25, 0.3) is 0 Å². The lowest BCUT2D eigenvalue weighted by Gasteiger charge is -2.21. The maximum absolute atomic E-state index is 2.48. The second-order valence-corrected chi connectivity index (χ2v) is 4.69. The van der Waals surface area contributed by atoms with E-state index >= 15 is 0 Å². The third kappa shape index (κ3) is 2.32. The summed E-state index contributed by atoms with van der Waals surface area (Å²) in [4.78, 5) is 4.80. The van der Waals surface area contributed by atoms with Crippen molar-refractivity contribution in [3.8, 4) is 0 Å². The van der Waals surface area contributed by atoms with Crippen molar-refractivity contribution in [2.24, 2.45) is 0 Å². The van der Waals surface area contributed by atoms with E-state index in [-0.39, 0.29) is 0 Å². The number of nitrogens with zero attached hydrogens (tertiary/aromatic N) is 2. The fourth-order valence-corrected chi connectivity index (χ4v) is 2.15. The number of hydrogen-bond acceptors (Lipinski definition) is 2. The van der Waals surface area contributed by atoms with Crippen molar-refractivity contribution in [2.75, 3.05) is 32.1 Å². The largest absolute Gasteiger partial charge is 0.370 e. The molecule has 15 heavy (non-hydrogen) atoms. The molecule has 0 aromatic heterocycles. The van der Waals surface area contributed by atoms with E-state index in [4.69, 9.17) is 0 Å². The van der Waals surface area contributed by atoms with Crippen LogP contribution in [0.4, 0.5) is 5.69 Å². The molecule has 0 radical (unpaired) electrons. The van der Waals surface area contributed by atoms with Gasteiger partial charge in [-0.05, 0) is 39.6 Å². The Morgan fingerprint density at radius 3 is 2.40 bits per heavy atom. The minimum atomic E-state index is 0.714. The Balaban J connectivity index is 2.04. The Labute approximate surface area is 92.5 Å². The summed E-state index contributed by atoms with van der Waals surface area (Å²) in [6.07, 6.45) is 1.28. The lowest BCUT2D eigenvalue weighted by molar-refractivity contribution is 0.315. The number of rotatable bonds is 2. The molecule has 82 valence electrons. The van der Waals surface area contributed by atoms with Gasteiger partial charge in [0.2, 0.25) is 0 Å². The van der Waals surface area contributed by atoms with E-state index in [0.717, 1.165) is 6.54 Å². The van der Waals surface area contributed by atoms with E-state index in [9.17, 15) is 0 Å². The molecule has 0 amide bonds. The van der Waals surface area contributed by atoms with Crippen LogP contribution in [-0.4, -0.2) is 38.1 Å². The highest BCUT2D eigenvalue weighted by Gasteiger charge is 2.23. The molecular formula is C13H20N2. The zero-order chi connectivity index (χ0) is 10.8. The average molecular weight is 204 g/mol. The molecule has 2 rings (SSSR count). The molecule has 2 nitrogen and oxygen atoms in total. The Hall–Kier alpha value is -1.02. The van der Waals surface area contributed by atoms with Crippen molar-refractivity contribution in [1.29, 1.82) is 0 Å².